The van der Waals surface area contributed by atoms with Crippen molar-refractivity contribution in [1.82, 2.24) is 5.32 Å². The van der Waals surface area contributed by atoms with Gasteiger partial charge in [-0.2, -0.15) is 0 Å². The molecule has 4 nitrogen and oxygen atoms in total. The number of carbonyl (C=O) groups excluding carboxylic acids is 1. The molecule has 0 amide bonds. The van der Waals surface area contributed by atoms with Crippen molar-refractivity contribution in [3.8, 4) is 0 Å². The molecule has 1 saturated heterocycles. The third-order valence-electron chi connectivity index (χ3n) is 2.04. The van der Waals surface area contributed by atoms with Crippen LogP contribution in [0.2, 0.25) is 0 Å². The highest BCUT2D eigenvalue weighted by Gasteiger charge is 2.36. The van der Waals surface area contributed by atoms with Gasteiger partial charge in [0.1, 0.15) is 6.04 Å². The van der Waals surface area contributed by atoms with Gasteiger partial charge >= 0.3 is 5.97 Å². The fourth-order valence-corrected chi connectivity index (χ4v) is 1.23. The van der Waals surface area contributed by atoms with Gasteiger partial charge in [-0.3, -0.25) is 4.79 Å². The lowest BCUT2D eigenvalue weighted by Crippen LogP contribution is -2.39. The van der Waals surface area contributed by atoms with E-state index in [0.717, 1.165) is 0 Å². The van der Waals surface area contributed by atoms with Gasteiger partial charge in [0, 0.05) is 6.54 Å². The Morgan fingerprint density at radius 1 is 1.73 bits per heavy atom. The van der Waals surface area contributed by atoms with Gasteiger partial charge in [-0.1, -0.05) is 6.92 Å². The van der Waals surface area contributed by atoms with Crippen molar-refractivity contribution >= 4 is 5.97 Å². The summed E-state index contributed by atoms with van der Waals surface area (Å²) in [5.74, 6) is -0.263. The van der Waals surface area contributed by atoms with Crippen LogP contribution in [0.3, 0.4) is 0 Å². The Balaban J connectivity index is 2.54. The highest BCUT2D eigenvalue weighted by molar-refractivity contribution is 5.76. The molecule has 0 bridgehead atoms. The van der Waals surface area contributed by atoms with E-state index in [1.54, 1.807) is 0 Å². The number of aliphatic hydroxyl groups excluding tert-OH is 1. The van der Waals surface area contributed by atoms with Crippen molar-refractivity contribution < 1.29 is 14.6 Å². The van der Waals surface area contributed by atoms with Crippen LogP contribution in [-0.2, 0) is 9.53 Å². The predicted molar refractivity (Wildman–Crippen MR) is 39.0 cm³/mol. The number of carbonyl (C=O) groups is 1. The van der Waals surface area contributed by atoms with Crippen LogP contribution in [0.1, 0.15) is 6.92 Å². The van der Waals surface area contributed by atoms with Crippen LogP contribution < -0.4 is 5.32 Å². The van der Waals surface area contributed by atoms with E-state index in [-0.39, 0.29) is 11.9 Å². The normalized spacial score (nSPS) is 37.2. The van der Waals surface area contributed by atoms with E-state index in [0.29, 0.717) is 6.54 Å². The molecule has 2 N–H and O–H groups in total. The van der Waals surface area contributed by atoms with Crippen molar-refractivity contribution in [3.05, 3.63) is 0 Å². The maximum Gasteiger partial charge on any atom is 0.325 e. The van der Waals surface area contributed by atoms with Crippen molar-refractivity contribution in [2.24, 2.45) is 5.92 Å². The SMILES string of the molecule is COC(=O)[C@@H]1NC[C@@H](C)[C@H]1O. The smallest absolute Gasteiger partial charge is 0.325 e. The van der Waals surface area contributed by atoms with Crippen LogP contribution >= 0.6 is 0 Å². The molecule has 0 aliphatic carbocycles. The molecule has 0 aromatic rings. The van der Waals surface area contributed by atoms with Crippen molar-refractivity contribution in [1.29, 1.82) is 0 Å². The van der Waals surface area contributed by atoms with E-state index >= 15 is 0 Å². The zero-order valence-corrected chi connectivity index (χ0v) is 6.70. The second-order valence-electron chi connectivity index (χ2n) is 2.88. The number of ether oxygens (including phenoxy) is 1. The molecule has 1 aliphatic heterocycles. The Bertz CT molecular complexity index is 160. The van der Waals surface area contributed by atoms with Crippen molar-refractivity contribution in [2.75, 3.05) is 13.7 Å². The average Bonchev–Trinajstić information content (AvgIpc) is 2.32. The van der Waals surface area contributed by atoms with Crippen LogP contribution in [0.4, 0.5) is 0 Å². The third-order valence-corrected chi connectivity index (χ3v) is 2.04. The summed E-state index contributed by atoms with van der Waals surface area (Å²) in [4.78, 5) is 10.9. The van der Waals surface area contributed by atoms with Crippen LogP contribution in [-0.4, -0.2) is 36.9 Å². The zero-order chi connectivity index (χ0) is 8.43. The first-order valence-corrected chi connectivity index (χ1v) is 3.66. The first-order valence-electron chi connectivity index (χ1n) is 3.66. The second kappa shape index (κ2) is 3.19. The summed E-state index contributed by atoms with van der Waals surface area (Å²) >= 11 is 0. The highest BCUT2D eigenvalue weighted by Crippen LogP contribution is 2.14. The van der Waals surface area contributed by atoms with E-state index < -0.39 is 12.1 Å². The molecular weight excluding hydrogens is 146 g/mol. The van der Waals surface area contributed by atoms with Gasteiger partial charge in [-0.05, 0) is 5.92 Å². The lowest BCUT2D eigenvalue weighted by molar-refractivity contribution is -0.145. The zero-order valence-electron chi connectivity index (χ0n) is 6.70. The maximum atomic E-state index is 10.9. The lowest BCUT2D eigenvalue weighted by atomic mass is 10.0. The highest BCUT2D eigenvalue weighted by atomic mass is 16.5. The Morgan fingerprint density at radius 2 is 2.36 bits per heavy atom. The van der Waals surface area contributed by atoms with Crippen LogP contribution in [0.25, 0.3) is 0 Å². The molecule has 4 heteroatoms. The molecule has 1 aliphatic rings. The van der Waals surface area contributed by atoms with Gasteiger partial charge in [0.05, 0.1) is 13.2 Å². The van der Waals surface area contributed by atoms with E-state index in [2.05, 4.69) is 10.1 Å². The summed E-state index contributed by atoms with van der Waals surface area (Å²) in [7, 11) is 1.32. The summed E-state index contributed by atoms with van der Waals surface area (Å²) in [6.07, 6.45) is -0.609. The van der Waals surface area contributed by atoms with Crippen LogP contribution in [0, 0.1) is 5.92 Å². The number of rotatable bonds is 1. The molecule has 0 radical (unpaired) electrons. The molecule has 1 fully saturated rings. The van der Waals surface area contributed by atoms with Gasteiger partial charge in [0.2, 0.25) is 0 Å². The van der Waals surface area contributed by atoms with Crippen molar-refractivity contribution in [3.63, 3.8) is 0 Å². The largest absolute Gasteiger partial charge is 0.468 e. The summed E-state index contributed by atoms with van der Waals surface area (Å²) in [6.45, 7) is 2.56. The molecule has 0 unspecified atom stereocenters. The van der Waals surface area contributed by atoms with Crippen LogP contribution in [0.15, 0.2) is 0 Å². The minimum Gasteiger partial charge on any atom is -0.468 e. The van der Waals surface area contributed by atoms with E-state index in [1.165, 1.54) is 7.11 Å². The minimum atomic E-state index is -0.609. The van der Waals surface area contributed by atoms with E-state index in [4.69, 9.17) is 0 Å². The molecule has 64 valence electrons. The summed E-state index contributed by atoms with van der Waals surface area (Å²) in [6, 6.07) is -0.532. The Labute approximate surface area is 65.5 Å². The Kier molecular flexibility index (Phi) is 2.46. The number of nitrogens with one attached hydrogen (secondary N) is 1. The molecular formula is C7H13NO3. The van der Waals surface area contributed by atoms with Gasteiger partial charge in [0.25, 0.3) is 0 Å². The third kappa shape index (κ3) is 1.52. The summed E-state index contributed by atoms with van der Waals surface area (Å²) in [5.41, 5.74) is 0. The van der Waals surface area contributed by atoms with Gasteiger partial charge in [0.15, 0.2) is 0 Å². The summed E-state index contributed by atoms with van der Waals surface area (Å²) in [5, 5.41) is 12.3. The fourth-order valence-electron chi connectivity index (χ4n) is 1.23. The van der Waals surface area contributed by atoms with Crippen molar-refractivity contribution in [2.45, 2.75) is 19.1 Å². The lowest BCUT2D eigenvalue weighted by Gasteiger charge is -2.13. The molecule has 1 rings (SSSR count). The van der Waals surface area contributed by atoms with E-state index in [9.17, 15) is 9.90 Å². The molecule has 0 spiro atoms. The average molecular weight is 159 g/mol. The topological polar surface area (TPSA) is 58.6 Å². The van der Waals surface area contributed by atoms with Gasteiger partial charge < -0.3 is 15.2 Å². The Morgan fingerprint density at radius 3 is 2.73 bits per heavy atom. The number of hydrogen-bond donors (Lipinski definition) is 2. The molecule has 1 heterocycles. The Hall–Kier alpha value is -0.610. The van der Waals surface area contributed by atoms with Gasteiger partial charge in [-0.25, -0.2) is 0 Å². The fraction of sp³-hybridized carbons (Fsp3) is 0.857. The minimum absolute atomic E-state index is 0.124. The monoisotopic (exact) mass is 159 g/mol. The first kappa shape index (κ1) is 8.49. The number of esters is 1. The molecule has 0 aromatic carbocycles. The first-order chi connectivity index (χ1) is 5.16. The number of hydrogen-bond acceptors (Lipinski definition) is 4. The maximum absolute atomic E-state index is 10.9. The van der Waals surface area contributed by atoms with E-state index in [1.807, 2.05) is 6.92 Å². The molecule has 0 aromatic heterocycles. The number of aliphatic hydroxyl groups is 1. The predicted octanol–water partition coefficient (Wildman–Crippen LogP) is -0.872. The molecule has 11 heavy (non-hydrogen) atoms. The molecule has 3 atom stereocenters. The van der Waals surface area contributed by atoms with Gasteiger partial charge in [-0.15, -0.1) is 0 Å². The van der Waals surface area contributed by atoms with Crippen LogP contribution in [0.5, 0.6) is 0 Å². The molecule has 0 saturated carbocycles. The standard InChI is InChI=1S/C7H13NO3/c1-4-3-8-5(6(4)9)7(10)11-2/h4-6,8-9H,3H2,1-2H3/t4-,5-,6-/m1/s1. The quantitative estimate of drug-likeness (QED) is 0.488. The number of methoxy groups -OCH3 is 1. The second-order valence-corrected chi connectivity index (χ2v) is 2.88. The summed E-state index contributed by atoms with van der Waals surface area (Å²) < 4.78 is 4.49.